The zero-order valence-electron chi connectivity index (χ0n) is 9.94. The third kappa shape index (κ3) is 2.61. The topological polar surface area (TPSA) is 51.1 Å². The number of nitrogens with zero attached hydrogens (tertiary/aromatic N) is 1. The molecule has 0 aliphatic rings. The van der Waals surface area contributed by atoms with E-state index in [4.69, 9.17) is 0 Å². The number of benzene rings is 1. The Morgan fingerprint density at radius 2 is 2.17 bits per heavy atom. The van der Waals surface area contributed by atoms with E-state index < -0.39 is 0 Å². The van der Waals surface area contributed by atoms with Gasteiger partial charge in [-0.1, -0.05) is 15.9 Å². The number of fused-ring (bicyclic) bond motifs is 1. The Kier molecular flexibility index (Phi) is 3.81. The van der Waals surface area contributed by atoms with Gasteiger partial charge in [-0.2, -0.15) is 0 Å². The Hall–Kier alpha value is -1.62. The van der Waals surface area contributed by atoms with E-state index in [1.807, 2.05) is 19.1 Å². The maximum Gasteiger partial charge on any atom is 0.239 e. The summed E-state index contributed by atoms with van der Waals surface area (Å²) in [7, 11) is 0. The Bertz CT molecular complexity index is 649. The van der Waals surface area contributed by atoms with E-state index in [9.17, 15) is 9.59 Å². The number of pyridine rings is 1. The van der Waals surface area contributed by atoms with Gasteiger partial charge in [0.05, 0.1) is 5.52 Å². The molecule has 0 bridgehead atoms. The van der Waals surface area contributed by atoms with Crippen molar-refractivity contribution in [2.75, 3.05) is 6.54 Å². The van der Waals surface area contributed by atoms with Crippen molar-refractivity contribution < 1.29 is 4.79 Å². The van der Waals surface area contributed by atoms with Crippen molar-refractivity contribution in [3.8, 4) is 0 Å². The van der Waals surface area contributed by atoms with Gasteiger partial charge in [-0.15, -0.1) is 0 Å². The first-order valence-electron chi connectivity index (χ1n) is 5.67. The molecular weight excluding hydrogens is 296 g/mol. The molecule has 2 aromatic rings. The summed E-state index contributed by atoms with van der Waals surface area (Å²) < 4.78 is 2.65. The molecule has 0 fully saturated rings. The van der Waals surface area contributed by atoms with Crippen molar-refractivity contribution in [1.82, 2.24) is 9.88 Å². The quantitative estimate of drug-likeness (QED) is 0.941. The van der Waals surface area contributed by atoms with Crippen LogP contribution in [0.1, 0.15) is 6.92 Å². The first kappa shape index (κ1) is 12.8. The lowest BCUT2D eigenvalue weighted by molar-refractivity contribution is -0.121. The first-order chi connectivity index (χ1) is 8.61. The lowest BCUT2D eigenvalue weighted by atomic mass is 10.2. The molecular formula is C13H13BrN2O2. The summed E-state index contributed by atoms with van der Waals surface area (Å²) in [6.07, 6.45) is 1.65. The number of carbonyl (C=O) groups is 1. The summed E-state index contributed by atoms with van der Waals surface area (Å²) in [5.74, 6) is -0.0672. The van der Waals surface area contributed by atoms with Crippen LogP contribution in [0.3, 0.4) is 0 Å². The molecule has 1 amide bonds. The normalized spacial score (nSPS) is 10.6. The van der Waals surface area contributed by atoms with Crippen LogP contribution in [-0.4, -0.2) is 17.0 Å². The van der Waals surface area contributed by atoms with Gasteiger partial charge in [0.15, 0.2) is 5.43 Å². The minimum Gasteiger partial charge on any atom is -0.355 e. The molecule has 1 aromatic carbocycles. The molecule has 1 N–H and O–H groups in total. The average molecular weight is 309 g/mol. The van der Waals surface area contributed by atoms with Gasteiger partial charge in [0.1, 0.15) is 6.54 Å². The third-order valence-electron chi connectivity index (χ3n) is 2.63. The number of carbonyl (C=O) groups excluding carboxylic acids is 1. The van der Waals surface area contributed by atoms with Crippen molar-refractivity contribution in [3.63, 3.8) is 0 Å². The van der Waals surface area contributed by atoms with E-state index in [0.29, 0.717) is 11.9 Å². The van der Waals surface area contributed by atoms with E-state index in [-0.39, 0.29) is 17.9 Å². The van der Waals surface area contributed by atoms with Crippen LogP contribution in [-0.2, 0) is 11.3 Å². The number of hydrogen-bond donors (Lipinski definition) is 1. The van der Waals surface area contributed by atoms with E-state index >= 15 is 0 Å². The Balaban J connectivity index is 2.51. The molecule has 0 spiro atoms. The lowest BCUT2D eigenvalue weighted by Gasteiger charge is -2.10. The number of halogens is 1. The molecule has 0 aliphatic carbocycles. The number of nitrogens with one attached hydrogen (secondary N) is 1. The minimum absolute atomic E-state index is 0.0374. The van der Waals surface area contributed by atoms with Crippen LogP contribution >= 0.6 is 15.9 Å². The van der Waals surface area contributed by atoms with E-state index in [1.165, 1.54) is 6.07 Å². The summed E-state index contributed by atoms with van der Waals surface area (Å²) in [5.41, 5.74) is 0.716. The standard InChI is InChI=1S/C13H13BrN2O2/c1-2-15-13(18)8-16-6-5-12(17)10-4-3-9(14)7-11(10)16/h3-7H,2,8H2,1H3,(H,15,18). The fourth-order valence-corrected chi connectivity index (χ4v) is 2.17. The fourth-order valence-electron chi connectivity index (χ4n) is 1.82. The van der Waals surface area contributed by atoms with Crippen molar-refractivity contribution in [2.45, 2.75) is 13.5 Å². The second-order valence-electron chi connectivity index (χ2n) is 3.92. The highest BCUT2D eigenvalue weighted by molar-refractivity contribution is 9.10. The third-order valence-corrected chi connectivity index (χ3v) is 3.12. The van der Waals surface area contributed by atoms with Gasteiger partial charge in [-0.3, -0.25) is 9.59 Å². The van der Waals surface area contributed by atoms with Crippen molar-refractivity contribution >= 4 is 32.7 Å². The molecule has 1 aromatic heterocycles. The van der Waals surface area contributed by atoms with Crippen LogP contribution in [0, 0.1) is 0 Å². The van der Waals surface area contributed by atoms with Gasteiger partial charge in [0.2, 0.25) is 5.91 Å². The minimum atomic E-state index is -0.0672. The number of aromatic nitrogens is 1. The average Bonchev–Trinajstić information content (AvgIpc) is 2.33. The van der Waals surface area contributed by atoms with E-state index in [1.54, 1.807) is 16.8 Å². The Morgan fingerprint density at radius 3 is 2.89 bits per heavy atom. The van der Waals surface area contributed by atoms with Crippen molar-refractivity contribution in [2.24, 2.45) is 0 Å². The fraction of sp³-hybridized carbons (Fsp3) is 0.231. The van der Waals surface area contributed by atoms with Crippen LogP contribution in [0.4, 0.5) is 0 Å². The lowest BCUT2D eigenvalue weighted by Crippen LogP contribution is -2.27. The van der Waals surface area contributed by atoms with Gasteiger partial charge in [0.25, 0.3) is 0 Å². The Labute approximate surface area is 113 Å². The van der Waals surface area contributed by atoms with E-state index in [0.717, 1.165) is 9.99 Å². The van der Waals surface area contributed by atoms with E-state index in [2.05, 4.69) is 21.2 Å². The molecule has 0 radical (unpaired) electrons. The highest BCUT2D eigenvalue weighted by Gasteiger charge is 2.06. The second kappa shape index (κ2) is 5.35. The molecule has 2 rings (SSSR count). The highest BCUT2D eigenvalue weighted by Crippen LogP contribution is 2.17. The molecule has 4 nitrogen and oxygen atoms in total. The zero-order chi connectivity index (χ0) is 13.1. The molecule has 1 heterocycles. The molecule has 5 heteroatoms. The first-order valence-corrected chi connectivity index (χ1v) is 6.46. The summed E-state index contributed by atoms with van der Waals surface area (Å²) in [6.45, 7) is 2.68. The molecule has 0 unspecified atom stereocenters. The maximum absolute atomic E-state index is 11.7. The molecule has 0 saturated carbocycles. The molecule has 0 aliphatic heterocycles. The number of rotatable bonds is 3. The molecule has 0 saturated heterocycles. The van der Waals surface area contributed by atoms with Gasteiger partial charge >= 0.3 is 0 Å². The van der Waals surface area contributed by atoms with Crippen LogP contribution < -0.4 is 10.7 Å². The monoisotopic (exact) mass is 308 g/mol. The van der Waals surface area contributed by atoms with Gasteiger partial charge in [-0.05, 0) is 25.1 Å². The predicted octanol–water partition coefficient (Wildman–Crippen LogP) is 1.90. The second-order valence-corrected chi connectivity index (χ2v) is 4.84. The van der Waals surface area contributed by atoms with Crippen LogP contribution in [0.2, 0.25) is 0 Å². The molecule has 94 valence electrons. The number of amides is 1. The summed E-state index contributed by atoms with van der Waals surface area (Å²) in [5, 5.41) is 3.35. The zero-order valence-corrected chi connectivity index (χ0v) is 11.5. The van der Waals surface area contributed by atoms with Crippen LogP contribution in [0.25, 0.3) is 10.9 Å². The smallest absolute Gasteiger partial charge is 0.239 e. The summed E-state index contributed by atoms with van der Waals surface area (Å²) in [4.78, 5) is 23.3. The summed E-state index contributed by atoms with van der Waals surface area (Å²) in [6, 6.07) is 6.90. The maximum atomic E-state index is 11.7. The summed E-state index contributed by atoms with van der Waals surface area (Å²) >= 11 is 3.37. The van der Waals surface area contributed by atoms with Gasteiger partial charge in [-0.25, -0.2) is 0 Å². The highest BCUT2D eigenvalue weighted by atomic mass is 79.9. The SMILES string of the molecule is CCNC(=O)Cn1ccc(=O)c2ccc(Br)cc21. The number of hydrogen-bond acceptors (Lipinski definition) is 2. The van der Waals surface area contributed by atoms with Gasteiger partial charge in [0, 0.05) is 28.7 Å². The van der Waals surface area contributed by atoms with Crippen LogP contribution in [0.5, 0.6) is 0 Å². The van der Waals surface area contributed by atoms with Crippen molar-refractivity contribution in [3.05, 3.63) is 45.2 Å². The van der Waals surface area contributed by atoms with Crippen molar-refractivity contribution in [1.29, 1.82) is 0 Å². The predicted molar refractivity (Wildman–Crippen MR) is 74.6 cm³/mol. The number of likely N-dealkylation sites (N-methyl/N-ethyl adjacent to an activating group) is 1. The molecule has 0 atom stereocenters. The van der Waals surface area contributed by atoms with Gasteiger partial charge < -0.3 is 9.88 Å². The largest absolute Gasteiger partial charge is 0.355 e. The van der Waals surface area contributed by atoms with Crippen LogP contribution in [0.15, 0.2) is 39.7 Å². The molecule has 18 heavy (non-hydrogen) atoms. The Morgan fingerprint density at radius 1 is 1.39 bits per heavy atom.